The standard InChI is InChI=1S/C14H27NO4/c1-13(2,16-3)6-7-17-12-10-14(5-4-11(12)15)18-8-9-19-14/h11-12H,4-10,15H2,1-3H3. The second kappa shape index (κ2) is 6.06. The van der Waals surface area contributed by atoms with E-state index in [4.69, 9.17) is 24.7 Å². The first kappa shape index (κ1) is 15.2. The molecule has 1 saturated heterocycles. The van der Waals surface area contributed by atoms with Gasteiger partial charge < -0.3 is 24.7 Å². The molecule has 2 aliphatic rings. The molecule has 112 valence electrons. The summed E-state index contributed by atoms with van der Waals surface area (Å²) in [6, 6.07) is 0.0732. The highest BCUT2D eigenvalue weighted by atomic mass is 16.7. The van der Waals surface area contributed by atoms with Crippen LogP contribution in [0.3, 0.4) is 0 Å². The van der Waals surface area contributed by atoms with E-state index in [0.29, 0.717) is 19.8 Å². The molecule has 2 fully saturated rings. The molecule has 5 heteroatoms. The normalized spacial score (nSPS) is 30.9. The first-order valence-electron chi connectivity index (χ1n) is 7.17. The van der Waals surface area contributed by atoms with Crippen molar-refractivity contribution in [1.29, 1.82) is 0 Å². The van der Waals surface area contributed by atoms with Crippen LogP contribution in [-0.4, -0.2) is 50.5 Å². The molecular weight excluding hydrogens is 246 g/mol. The van der Waals surface area contributed by atoms with Crippen LogP contribution < -0.4 is 5.73 Å². The molecular formula is C14H27NO4. The Labute approximate surface area is 115 Å². The Morgan fingerprint density at radius 1 is 1.32 bits per heavy atom. The molecule has 1 saturated carbocycles. The third kappa shape index (κ3) is 3.89. The Morgan fingerprint density at radius 3 is 2.63 bits per heavy atom. The van der Waals surface area contributed by atoms with E-state index in [9.17, 15) is 0 Å². The van der Waals surface area contributed by atoms with Gasteiger partial charge in [0.2, 0.25) is 0 Å². The van der Waals surface area contributed by atoms with Crippen LogP contribution in [0.5, 0.6) is 0 Å². The summed E-state index contributed by atoms with van der Waals surface area (Å²) in [6.45, 7) is 6.12. The van der Waals surface area contributed by atoms with Gasteiger partial charge in [-0.1, -0.05) is 0 Å². The average Bonchev–Trinajstić information content (AvgIpc) is 2.82. The zero-order valence-corrected chi connectivity index (χ0v) is 12.3. The summed E-state index contributed by atoms with van der Waals surface area (Å²) in [7, 11) is 1.72. The van der Waals surface area contributed by atoms with E-state index in [1.54, 1.807) is 7.11 Å². The van der Waals surface area contributed by atoms with Crippen molar-refractivity contribution >= 4 is 0 Å². The fourth-order valence-corrected chi connectivity index (χ4v) is 2.63. The number of hydrogen-bond acceptors (Lipinski definition) is 5. The maximum absolute atomic E-state index is 6.14. The molecule has 2 unspecified atom stereocenters. The molecule has 0 aromatic rings. The van der Waals surface area contributed by atoms with E-state index in [2.05, 4.69) is 13.8 Å². The third-order valence-corrected chi connectivity index (χ3v) is 4.25. The average molecular weight is 273 g/mol. The minimum absolute atomic E-state index is 0.0134. The van der Waals surface area contributed by atoms with Crippen LogP contribution in [0, 0.1) is 0 Å². The fraction of sp³-hybridized carbons (Fsp3) is 1.00. The first-order chi connectivity index (χ1) is 8.96. The Hall–Kier alpha value is -0.200. The number of hydrogen-bond donors (Lipinski definition) is 1. The monoisotopic (exact) mass is 273 g/mol. The largest absolute Gasteiger partial charge is 0.379 e. The summed E-state index contributed by atoms with van der Waals surface area (Å²) in [5.74, 6) is -0.433. The Balaban J connectivity index is 1.81. The Bertz CT molecular complexity index is 289. The van der Waals surface area contributed by atoms with E-state index >= 15 is 0 Å². The first-order valence-corrected chi connectivity index (χ1v) is 7.17. The van der Waals surface area contributed by atoms with Crippen LogP contribution in [-0.2, 0) is 18.9 Å². The topological polar surface area (TPSA) is 62.9 Å². The lowest BCUT2D eigenvalue weighted by Gasteiger charge is -2.39. The number of nitrogens with two attached hydrogens (primary N) is 1. The third-order valence-electron chi connectivity index (χ3n) is 4.25. The molecule has 0 radical (unpaired) electrons. The van der Waals surface area contributed by atoms with Gasteiger partial charge in [0.05, 0.1) is 24.9 Å². The minimum atomic E-state index is -0.433. The molecule has 0 aromatic carbocycles. The molecule has 19 heavy (non-hydrogen) atoms. The van der Waals surface area contributed by atoms with Crippen LogP contribution in [0.2, 0.25) is 0 Å². The number of methoxy groups -OCH3 is 1. The molecule has 1 spiro atoms. The highest BCUT2D eigenvalue weighted by Gasteiger charge is 2.44. The van der Waals surface area contributed by atoms with Crippen molar-refractivity contribution < 1.29 is 18.9 Å². The molecule has 0 amide bonds. The van der Waals surface area contributed by atoms with Gasteiger partial charge in [-0.3, -0.25) is 0 Å². The molecule has 0 aromatic heterocycles. The molecule has 2 N–H and O–H groups in total. The maximum atomic E-state index is 6.14. The van der Waals surface area contributed by atoms with Crippen LogP contribution in [0.1, 0.15) is 39.5 Å². The predicted molar refractivity (Wildman–Crippen MR) is 71.9 cm³/mol. The van der Waals surface area contributed by atoms with Crippen molar-refractivity contribution in [1.82, 2.24) is 0 Å². The maximum Gasteiger partial charge on any atom is 0.171 e. The van der Waals surface area contributed by atoms with Gasteiger partial charge in [0.1, 0.15) is 0 Å². The lowest BCUT2D eigenvalue weighted by Crippen LogP contribution is -2.50. The highest BCUT2D eigenvalue weighted by Crippen LogP contribution is 2.36. The second-order valence-electron chi connectivity index (χ2n) is 6.14. The molecule has 2 rings (SSSR count). The van der Waals surface area contributed by atoms with Gasteiger partial charge in [-0.25, -0.2) is 0 Å². The predicted octanol–water partition coefficient (Wildman–Crippen LogP) is 1.44. The molecule has 1 heterocycles. The van der Waals surface area contributed by atoms with E-state index in [1.165, 1.54) is 0 Å². The van der Waals surface area contributed by atoms with Gasteiger partial charge in [-0.2, -0.15) is 0 Å². The van der Waals surface area contributed by atoms with Crippen molar-refractivity contribution in [3.05, 3.63) is 0 Å². The van der Waals surface area contributed by atoms with Crippen molar-refractivity contribution in [2.45, 2.75) is 63.1 Å². The minimum Gasteiger partial charge on any atom is -0.379 e. The summed E-state index contributed by atoms with van der Waals surface area (Å²) < 4.78 is 22.8. The van der Waals surface area contributed by atoms with Crippen molar-refractivity contribution in [3.8, 4) is 0 Å². The molecule has 1 aliphatic heterocycles. The van der Waals surface area contributed by atoms with Gasteiger partial charge >= 0.3 is 0 Å². The smallest absolute Gasteiger partial charge is 0.171 e. The zero-order valence-electron chi connectivity index (χ0n) is 12.3. The molecule has 2 atom stereocenters. The van der Waals surface area contributed by atoms with Gasteiger partial charge in [-0.05, 0) is 26.7 Å². The van der Waals surface area contributed by atoms with E-state index < -0.39 is 5.79 Å². The summed E-state index contributed by atoms with van der Waals surface area (Å²) in [6.07, 6.45) is 3.36. The lowest BCUT2D eigenvalue weighted by molar-refractivity contribution is -0.206. The summed E-state index contributed by atoms with van der Waals surface area (Å²) in [5, 5.41) is 0. The van der Waals surface area contributed by atoms with Gasteiger partial charge in [-0.15, -0.1) is 0 Å². The molecule has 5 nitrogen and oxygen atoms in total. The van der Waals surface area contributed by atoms with Crippen LogP contribution >= 0.6 is 0 Å². The fourth-order valence-electron chi connectivity index (χ4n) is 2.63. The quantitative estimate of drug-likeness (QED) is 0.821. The van der Waals surface area contributed by atoms with Gasteiger partial charge in [0.15, 0.2) is 5.79 Å². The van der Waals surface area contributed by atoms with Crippen LogP contribution in [0.4, 0.5) is 0 Å². The zero-order chi connectivity index (χ0) is 13.9. The molecule has 1 aliphatic carbocycles. The summed E-state index contributed by atoms with van der Waals surface area (Å²) in [5.41, 5.74) is 5.99. The Kier molecular flexibility index (Phi) is 4.84. The number of rotatable bonds is 5. The van der Waals surface area contributed by atoms with Crippen molar-refractivity contribution in [3.63, 3.8) is 0 Å². The number of ether oxygens (including phenoxy) is 4. The van der Waals surface area contributed by atoms with Gasteiger partial charge in [0.25, 0.3) is 0 Å². The van der Waals surface area contributed by atoms with E-state index in [1.807, 2.05) is 0 Å². The van der Waals surface area contributed by atoms with Crippen molar-refractivity contribution in [2.75, 3.05) is 26.9 Å². The second-order valence-corrected chi connectivity index (χ2v) is 6.14. The Morgan fingerprint density at radius 2 is 2.00 bits per heavy atom. The van der Waals surface area contributed by atoms with Crippen LogP contribution in [0.15, 0.2) is 0 Å². The summed E-state index contributed by atoms with van der Waals surface area (Å²) >= 11 is 0. The molecule has 0 bridgehead atoms. The van der Waals surface area contributed by atoms with Crippen LogP contribution in [0.25, 0.3) is 0 Å². The van der Waals surface area contributed by atoms with E-state index in [0.717, 1.165) is 25.7 Å². The van der Waals surface area contributed by atoms with Gasteiger partial charge in [0, 0.05) is 32.6 Å². The summed E-state index contributed by atoms with van der Waals surface area (Å²) in [4.78, 5) is 0. The van der Waals surface area contributed by atoms with Crippen molar-refractivity contribution in [2.24, 2.45) is 5.73 Å². The van der Waals surface area contributed by atoms with E-state index in [-0.39, 0.29) is 17.7 Å². The SMILES string of the molecule is COC(C)(C)CCOC1CC2(CCC1N)OCCO2. The lowest BCUT2D eigenvalue weighted by atomic mass is 9.88. The highest BCUT2D eigenvalue weighted by molar-refractivity contribution is 4.91.